The maximum atomic E-state index is 12.2. The number of amides is 1. The van der Waals surface area contributed by atoms with E-state index in [4.69, 9.17) is 11.6 Å². The maximum Gasteiger partial charge on any atom is 0.224 e. The second-order valence-corrected chi connectivity index (χ2v) is 6.92. The third-order valence-corrected chi connectivity index (χ3v) is 4.83. The van der Waals surface area contributed by atoms with Crippen molar-refractivity contribution in [1.82, 2.24) is 15.0 Å². The van der Waals surface area contributed by atoms with Gasteiger partial charge >= 0.3 is 0 Å². The van der Waals surface area contributed by atoms with Gasteiger partial charge < -0.3 is 5.32 Å². The first-order chi connectivity index (χ1) is 12.2. The molecule has 1 aromatic heterocycles. The minimum Gasteiger partial charge on any atom is -0.324 e. The van der Waals surface area contributed by atoms with Crippen LogP contribution < -0.4 is 5.32 Å². The summed E-state index contributed by atoms with van der Waals surface area (Å²) in [7, 11) is 0. The number of rotatable bonds is 7. The molecule has 1 heterocycles. The Morgan fingerprint density at radius 3 is 2.72 bits per heavy atom. The molecule has 0 radical (unpaired) electrons. The Kier molecular flexibility index (Phi) is 6.09. The molecule has 0 fully saturated rings. The summed E-state index contributed by atoms with van der Waals surface area (Å²) in [6.45, 7) is 0. The van der Waals surface area contributed by atoms with Gasteiger partial charge in [0.1, 0.15) is 0 Å². The number of halogens is 1. The molecule has 1 amide bonds. The van der Waals surface area contributed by atoms with Gasteiger partial charge in [-0.1, -0.05) is 28.9 Å². The van der Waals surface area contributed by atoms with Crippen LogP contribution in [0.4, 0.5) is 5.69 Å². The molecule has 0 atom stereocenters. The van der Waals surface area contributed by atoms with Crippen LogP contribution in [-0.4, -0.2) is 26.7 Å². The predicted molar refractivity (Wildman–Crippen MR) is 101 cm³/mol. The third-order valence-electron chi connectivity index (χ3n) is 3.48. The zero-order valence-corrected chi connectivity index (χ0v) is 15.0. The molecule has 0 bridgehead atoms. The fourth-order valence-electron chi connectivity index (χ4n) is 2.28. The number of nitrogens with one attached hydrogen (secondary N) is 1. The van der Waals surface area contributed by atoms with E-state index < -0.39 is 0 Å². The second kappa shape index (κ2) is 8.69. The van der Waals surface area contributed by atoms with Gasteiger partial charge in [0, 0.05) is 16.3 Å². The average molecular weight is 373 g/mol. The molecular weight excluding hydrogens is 356 g/mol. The summed E-state index contributed by atoms with van der Waals surface area (Å²) in [5.41, 5.74) is 1.52. The molecule has 3 rings (SSSR count). The van der Waals surface area contributed by atoms with Gasteiger partial charge in [0.2, 0.25) is 5.91 Å². The average Bonchev–Trinajstić information content (AvgIpc) is 3.15. The molecule has 5 nitrogen and oxygen atoms in total. The SMILES string of the molecule is O=C(CCCSc1ccc(Cl)cc1)Nc1ccccc1-n1ccnn1. The zero-order valence-electron chi connectivity index (χ0n) is 13.4. The third kappa shape index (κ3) is 5.08. The summed E-state index contributed by atoms with van der Waals surface area (Å²) in [5, 5.41) is 11.5. The van der Waals surface area contributed by atoms with E-state index >= 15 is 0 Å². The summed E-state index contributed by atoms with van der Waals surface area (Å²) in [5.74, 6) is 0.865. The van der Waals surface area contributed by atoms with E-state index in [-0.39, 0.29) is 5.91 Å². The molecule has 2 aromatic carbocycles. The van der Waals surface area contributed by atoms with Gasteiger partial charge in [-0.2, -0.15) is 0 Å². The Hall–Kier alpha value is -2.31. The van der Waals surface area contributed by atoms with Gasteiger partial charge in [-0.3, -0.25) is 4.79 Å². The largest absolute Gasteiger partial charge is 0.324 e. The predicted octanol–water partition coefficient (Wildman–Crippen LogP) is 4.43. The standard InChI is InChI=1S/C18H17ClN4OS/c19-14-7-9-15(10-8-14)25-13-3-6-18(24)21-16-4-1-2-5-17(16)23-12-11-20-22-23/h1-2,4-5,7-12H,3,6,13H2,(H,21,24). The topological polar surface area (TPSA) is 59.8 Å². The van der Waals surface area contributed by atoms with Gasteiger partial charge in [0.25, 0.3) is 0 Å². The fraction of sp³-hybridized carbons (Fsp3) is 0.167. The summed E-state index contributed by atoms with van der Waals surface area (Å²) >= 11 is 7.59. The Labute approximate surface area is 155 Å². The molecule has 0 unspecified atom stereocenters. The lowest BCUT2D eigenvalue weighted by atomic mass is 10.2. The number of para-hydroxylation sites is 2. The van der Waals surface area contributed by atoms with Crippen molar-refractivity contribution in [2.75, 3.05) is 11.1 Å². The lowest BCUT2D eigenvalue weighted by Crippen LogP contribution is -2.13. The number of aromatic nitrogens is 3. The van der Waals surface area contributed by atoms with Crippen molar-refractivity contribution < 1.29 is 4.79 Å². The molecule has 0 saturated heterocycles. The van der Waals surface area contributed by atoms with Crippen molar-refractivity contribution in [2.24, 2.45) is 0 Å². The van der Waals surface area contributed by atoms with E-state index in [9.17, 15) is 4.79 Å². The molecule has 3 aromatic rings. The highest BCUT2D eigenvalue weighted by atomic mass is 35.5. The molecule has 128 valence electrons. The molecule has 0 aliphatic carbocycles. The van der Waals surface area contributed by atoms with E-state index in [1.807, 2.05) is 48.5 Å². The number of hydrogen-bond donors (Lipinski definition) is 1. The van der Waals surface area contributed by atoms with Crippen LogP contribution >= 0.6 is 23.4 Å². The van der Waals surface area contributed by atoms with E-state index in [1.54, 1.807) is 28.8 Å². The monoisotopic (exact) mass is 372 g/mol. The normalized spacial score (nSPS) is 10.6. The Balaban J connectivity index is 1.49. The first-order valence-electron chi connectivity index (χ1n) is 7.86. The van der Waals surface area contributed by atoms with Crippen molar-refractivity contribution >= 4 is 35.0 Å². The lowest BCUT2D eigenvalue weighted by molar-refractivity contribution is -0.116. The highest BCUT2D eigenvalue weighted by Crippen LogP contribution is 2.22. The number of nitrogens with zero attached hydrogens (tertiary/aromatic N) is 3. The Morgan fingerprint density at radius 2 is 1.96 bits per heavy atom. The lowest BCUT2D eigenvalue weighted by Gasteiger charge is -2.10. The van der Waals surface area contributed by atoms with Crippen LogP contribution in [-0.2, 0) is 4.79 Å². The number of benzene rings is 2. The minimum absolute atomic E-state index is 0.00993. The van der Waals surface area contributed by atoms with Gasteiger partial charge in [0.05, 0.1) is 23.8 Å². The maximum absolute atomic E-state index is 12.2. The van der Waals surface area contributed by atoms with Crippen molar-refractivity contribution in [3.8, 4) is 5.69 Å². The van der Waals surface area contributed by atoms with Gasteiger partial charge in [-0.25, -0.2) is 4.68 Å². The van der Waals surface area contributed by atoms with Crippen LogP contribution in [0.1, 0.15) is 12.8 Å². The molecule has 25 heavy (non-hydrogen) atoms. The van der Waals surface area contributed by atoms with Gasteiger partial charge in [0.15, 0.2) is 0 Å². The van der Waals surface area contributed by atoms with Crippen LogP contribution in [0.3, 0.4) is 0 Å². The highest BCUT2D eigenvalue weighted by molar-refractivity contribution is 7.99. The van der Waals surface area contributed by atoms with Crippen LogP contribution in [0.5, 0.6) is 0 Å². The van der Waals surface area contributed by atoms with E-state index in [2.05, 4.69) is 15.6 Å². The first-order valence-corrected chi connectivity index (χ1v) is 9.23. The van der Waals surface area contributed by atoms with Crippen LogP contribution in [0.2, 0.25) is 5.02 Å². The molecule has 0 aliphatic rings. The van der Waals surface area contributed by atoms with E-state index in [0.717, 1.165) is 33.5 Å². The minimum atomic E-state index is -0.00993. The fourth-order valence-corrected chi connectivity index (χ4v) is 3.26. The second-order valence-electron chi connectivity index (χ2n) is 5.32. The Morgan fingerprint density at radius 1 is 1.16 bits per heavy atom. The van der Waals surface area contributed by atoms with Crippen molar-refractivity contribution in [1.29, 1.82) is 0 Å². The van der Waals surface area contributed by atoms with Crippen molar-refractivity contribution in [3.05, 3.63) is 65.9 Å². The van der Waals surface area contributed by atoms with E-state index in [0.29, 0.717) is 6.42 Å². The van der Waals surface area contributed by atoms with Gasteiger partial charge in [-0.15, -0.1) is 16.9 Å². The number of carbonyl (C=O) groups excluding carboxylic acids is 1. The van der Waals surface area contributed by atoms with Gasteiger partial charge in [-0.05, 0) is 48.6 Å². The molecule has 7 heteroatoms. The summed E-state index contributed by atoms with van der Waals surface area (Å²) < 4.78 is 1.63. The first kappa shape index (κ1) is 17.5. The number of thioether (sulfide) groups is 1. The molecule has 1 N–H and O–H groups in total. The summed E-state index contributed by atoms with van der Waals surface area (Å²) in [6.07, 6.45) is 4.61. The molecule has 0 spiro atoms. The van der Waals surface area contributed by atoms with Crippen molar-refractivity contribution in [3.63, 3.8) is 0 Å². The zero-order chi connectivity index (χ0) is 17.5. The molecular formula is C18H17ClN4OS. The Bertz CT molecular complexity index is 821. The van der Waals surface area contributed by atoms with Crippen molar-refractivity contribution in [2.45, 2.75) is 17.7 Å². The number of anilines is 1. The summed E-state index contributed by atoms with van der Waals surface area (Å²) in [6, 6.07) is 15.2. The number of carbonyl (C=O) groups is 1. The number of hydrogen-bond acceptors (Lipinski definition) is 4. The van der Waals surface area contributed by atoms with E-state index in [1.165, 1.54) is 0 Å². The smallest absolute Gasteiger partial charge is 0.224 e. The highest BCUT2D eigenvalue weighted by Gasteiger charge is 2.08. The quantitative estimate of drug-likeness (QED) is 0.492. The molecule has 0 aliphatic heterocycles. The van der Waals surface area contributed by atoms with Crippen LogP contribution in [0.15, 0.2) is 65.8 Å². The molecule has 0 saturated carbocycles. The van der Waals surface area contributed by atoms with Crippen LogP contribution in [0.25, 0.3) is 5.69 Å². The van der Waals surface area contributed by atoms with Crippen LogP contribution in [0, 0.1) is 0 Å². The summed E-state index contributed by atoms with van der Waals surface area (Å²) in [4.78, 5) is 13.4.